The molecule has 2 aromatic carbocycles. The summed E-state index contributed by atoms with van der Waals surface area (Å²) in [6, 6.07) is 13.8. The third kappa shape index (κ3) is 6.07. The van der Waals surface area contributed by atoms with Crippen LogP contribution in [0.1, 0.15) is 52.8 Å². The van der Waals surface area contributed by atoms with Crippen LogP contribution in [0.3, 0.4) is 0 Å². The summed E-state index contributed by atoms with van der Waals surface area (Å²) in [5.74, 6) is -0.702. The van der Waals surface area contributed by atoms with Crippen molar-refractivity contribution in [3.63, 3.8) is 0 Å². The number of hydrogen-bond donors (Lipinski definition) is 3. The van der Waals surface area contributed by atoms with E-state index in [1.165, 1.54) is 26.4 Å². The smallest absolute Gasteiger partial charge is 0.337 e. The second-order valence-corrected chi connectivity index (χ2v) is 7.36. The minimum Gasteiger partial charge on any atom is -0.465 e. The molecule has 1 saturated carbocycles. The van der Waals surface area contributed by atoms with Gasteiger partial charge >= 0.3 is 5.97 Å². The molecule has 7 heteroatoms. The van der Waals surface area contributed by atoms with Crippen molar-refractivity contribution in [2.45, 2.75) is 38.1 Å². The Labute approximate surface area is 176 Å². The Kier molecular flexibility index (Phi) is 7.43. The van der Waals surface area contributed by atoms with Crippen molar-refractivity contribution in [3.8, 4) is 0 Å². The maximum absolute atomic E-state index is 12.4. The Morgan fingerprint density at radius 2 is 1.47 bits per heavy atom. The maximum Gasteiger partial charge on any atom is 0.337 e. The van der Waals surface area contributed by atoms with Gasteiger partial charge in [-0.1, -0.05) is 19.3 Å². The first-order valence-corrected chi connectivity index (χ1v) is 10.2. The molecule has 2 amide bonds. The van der Waals surface area contributed by atoms with Crippen molar-refractivity contribution in [1.29, 1.82) is 0 Å². The summed E-state index contributed by atoms with van der Waals surface area (Å²) >= 11 is 0. The van der Waals surface area contributed by atoms with Gasteiger partial charge in [-0.05, 0) is 61.4 Å². The molecule has 158 valence electrons. The zero-order valence-corrected chi connectivity index (χ0v) is 17.1. The van der Waals surface area contributed by atoms with E-state index in [1.54, 1.807) is 48.5 Å². The summed E-state index contributed by atoms with van der Waals surface area (Å²) in [5, 5.41) is 8.88. The fourth-order valence-corrected chi connectivity index (χ4v) is 3.45. The quantitative estimate of drug-likeness (QED) is 0.608. The van der Waals surface area contributed by atoms with E-state index < -0.39 is 5.97 Å². The van der Waals surface area contributed by atoms with Gasteiger partial charge in [-0.3, -0.25) is 9.59 Å². The molecule has 3 N–H and O–H groups in total. The Balaban J connectivity index is 1.45. The van der Waals surface area contributed by atoms with E-state index in [0.29, 0.717) is 16.8 Å². The van der Waals surface area contributed by atoms with Gasteiger partial charge < -0.3 is 20.7 Å². The lowest BCUT2D eigenvalue weighted by Gasteiger charge is -2.22. The van der Waals surface area contributed by atoms with Gasteiger partial charge in [0.05, 0.1) is 19.2 Å². The van der Waals surface area contributed by atoms with Crippen LogP contribution in [0.5, 0.6) is 0 Å². The minimum absolute atomic E-state index is 0.0541. The van der Waals surface area contributed by atoms with Crippen LogP contribution in [0.15, 0.2) is 48.5 Å². The summed E-state index contributed by atoms with van der Waals surface area (Å²) in [6.45, 7) is 0.0758. The molecule has 0 unspecified atom stereocenters. The van der Waals surface area contributed by atoms with Crippen molar-refractivity contribution in [2.24, 2.45) is 0 Å². The molecule has 0 radical (unpaired) electrons. The number of anilines is 2. The Bertz CT molecular complexity index is 872. The number of carbonyl (C=O) groups excluding carboxylic acids is 3. The Hall–Kier alpha value is -3.35. The lowest BCUT2D eigenvalue weighted by molar-refractivity contribution is -0.114. The van der Waals surface area contributed by atoms with Crippen molar-refractivity contribution >= 4 is 29.2 Å². The second kappa shape index (κ2) is 10.4. The highest BCUT2D eigenvalue weighted by atomic mass is 16.5. The van der Waals surface area contributed by atoms with Gasteiger partial charge in [0.15, 0.2) is 0 Å². The summed E-state index contributed by atoms with van der Waals surface area (Å²) in [4.78, 5) is 35.9. The highest BCUT2D eigenvalue weighted by Gasteiger charge is 2.16. The molecule has 0 aromatic heterocycles. The van der Waals surface area contributed by atoms with Crippen LogP contribution in [0.4, 0.5) is 11.4 Å². The monoisotopic (exact) mass is 409 g/mol. The molecule has 2 aromatic rings. The first-order valence-electron chi connectivity index (χ1n) is 10.2. The normalized spacial score (nSPS) is 13.9. The number of esters is 1. The van der Waals surface area contributed by atoms with Crippen molar-refractivity contribution in [2.75, 3.05) is 24.3 Å². The SMILES string of the molecule is COC(=O)c1ccc(NC(=O)CNc2ccc(C(=O)NC3CCCCC3)cc2)cc1. The molecule has 0 aliphatic heterocycles. The van der Waals surface area contributed by atoms with Gasteiger partial charge in [0, 0.05) is 23.0 Å². The predicted octanol–water partition coefficient (Wildman–Crippen LogP) is 3.59. The Morgan fingerprint density at radius 1 is 0.867 bits per heavy atom. The first kappa shape index (κ1) is 21.4. The summed E-state index contributed by atoms with van der Waals surface area (Å²) in [7, 11) is 1.32. The molecular weight excluding hydrogens is 382 g/mol. The van der Waals surface area contributed by atoms with Gasteiger partial charge in [-0.2, -0.15) is 0 Å². The van der Waals surface area contributed by atoms with E-state index in [2.05, 4.69) is 20.7 Å². The van der Waals surface area contributed by atoms with E-state index in [4.69, 9.17) is 0 Å². The van der Waals surface area contributed by atoms with Crippen molar-refractivity contribution < 1.29 is 19.1 Å². The molecule has 30 heavy (non-hydrogen) atoms. The highest BCUT2D eigenvalue weighted by molar-refractivity contribution is 5.96. The van der Waals surface area contributed by atoms with Crippen LogP contribution in [0, 0.1) is 0 Å². The number of hydrogen-bond acceptors (Lipinski definition) is 5. The molecule has 0 spiro atoms. The average molecular weight is 409 g/mol. The summed E-state index contributed by atoms with van der Waals surface area (Å²) in [6.07, 6.45) is 5.69. The third-order valence-electron chi connectivity index (χ3n) is 5.13. The van der Waals surface area contributed by atoms with Crippen LogP contribution >= 0.6 is 0 Å². The van der Waals surface area contributed by atoms with E-state index in [1.807, 2.05) is 0 Å². The highest BCUT2D eigenvalue weighted by Crippen LogP contribution is 2.18. The summed E-state index contributed by atoms with van der Waals surface area (Å²) < 4.78 is 4.64. The zero-order chi connectivity index (χ0) is 21.3. The lowest BCUT2D eigenvalue weighted by atomic mass is 9.95. The topological polar surface area (TPSA) is 96.5 Å². The van der Waals surface area contributed by atoms with Crippen molar-refractivity contribution in [1.82, 2.24) is 5.32 Å². The van der Waals surface area contributed by atoms with Crippen LogP contribution in [-0.2, 0) is 9.53 Å². The molecule has 3 rings (SSSR count). The minimum atomic E-state index is -0.426. The molecule has 0 bridgehead atoms. The number of benzene rings is 2. The van der Waals surface area contributed by atoms with Crippen LogP contribution in [0.25, 0.3) is 0 Å². The van der Waals surface area contributed by atoms with Gasteiger partial charge in [0.1, 0.15) is 0 Å². The van der Waals surface area contributed by atoms with E-state index in [-0.39, 0.29) is 24.4 Å². The number of nitrogens with one attached hydrogen (secondary N) is 3. The molecule has 1 aliphatic rings. The van der Waals surface area contributed by atoms with Gasteiger partial charge in [0.25, 0.3) is 5.91 Å². The van der Waals surface area contributed by atoms with Gasteiger partial charge in [-0.25, -0.2) is 4.79 Å². The van der Waals surface area contributed by atoms with Crippen molar-refractivity contribution in [3.05, 3.63) is 59.7 Å². The molecule has 7 nitrogen and oxygen atoms in total. The second-order valence-electron chi connectivity index (χ2n) is 7.36. The van der Waals surface area contributed by atoms with Gasteiger partial charge in [0.2, 0.25) is 5.91 Å². The molecule has 0 saturated heterocycles. The van der Waals surface area contributed by atoms with E-state index in [0.717, 1.165) is 18.5 Å². The number of amides is 2. The predicted molar refractivity (Wildman–Crippen MR) is 116 cm³/mol. The molecule has 0 heterocycles. The zero-order valence-electron chi connectivity index (χ0n) is 17.1. The molecule has 1 aliphatic carbocycles. The largest absolute Gasteiger partial charge is 0.465 e. The Morgan fingerprint density at radius 3 is 2.10 bits per heavy atom. The lowest BCUT2D eigenvalue weighted by Crippen LogP contribution is -2.36. The van der Waals surface area contributed by atoms with E-state index >= 15 is 0 Å². The summed E-state index contributed by atoms with van der Waals surface area (Å²) in [5.41, 5.74) is 2.37. The van der Waals surface area contributed by atoms with Crippen LogP contribution in [0.2, 0.25) is 0 Å². The number of rotatable bonds is 7. The first-order chi connectivity index (χ1) is 14.5. The van der Waals surface area contributed by atoms with Crippen LogP contribution in [-0.4, -0.2) is 37.5 Å². The fourth-order valence-electron chi connectivity index (χ4n) is 3.45. The number of carbonyl (C=O) groups is 3. The van der Waals surface area contributed by atoms with Crippen LogP contribution < -0.4 is 16.0 Å². The van der Waals surface area contributed by atoms with E-state index in [9.17, 15) is 14.4 Å². The fraction of sp³-hybridized carbons (Fsp3) is 0.348. The molecular formula is C23H27N3O4. The van der Waals surface area contributed by atoms with Gasteiger partial charge in [-0.15, -0.1) is 0 Å². The standard InChI is InChI=1S/C23H27N3O4/c1-30-23(29)17-9-13-20(14-10-17)25-21(27)15-24-18-11-7-16(8-12-18)22(28)26-19-5-3-2-4-6-19/h7-14,19,24H,2-6,15H2,1H3,(H,25,27)(H,26,28). The maximum atomic E-state index is 12.4. The molecule has 1 fully saturated rings. The molecule has 0 atom stereocenters. The third-order valence-corrected chi connectivity index (χ3v) is 5.13. The average Bonchev–Trinajstić information content (AvgIpc) is 2.78. The number of methoxy groups -OCH3 is 1. The number of ether oxygens (including phenoxy) is 1.